The minimum Gasteiger partial charge on any atom is -0.368 e. The number of benzene rings is 1. The summed E-state index contributed by atoms with van der Waals surface area (Å²) in [7, 11) is 0. The molecule has 0 atom stereocenters. The minimum absolute atomic E-state index is 0.0906. The van der Waals surface area contributed by atoms with Gasteiger partial charge in [0.25, 0.3) is 0 Å². The summed E-state index contributed by atoms with van der Waals surface area (Å²) in [5.41, 5.74) is 1.13. The van der Waals surface area contributed by atoms with E-state index in [2.05, 4.69) is 20.5 Å². The van der Waals surface area contributed by atoms with Crippen molar-refractivity contribution in [3.8, 4) is 0 Å². The number of halogens is 3. The Balaban J connectivity index is 1.80. The quantitative estimate of drug-likeness (QED) is 0.580. The third-order valence-electron chi connectivity index (χ3n) is 4.17. The van der Waals surface area contributed by atoms with Crippen LogP contribution in [-0.2, 0) is 4.79 Å². The van der Waals surface area contributed by atoms with Gasteiger partial charge in [-0.3, -0.25) is 4.79 Å². The molecule has 0 bridgehead atoms. The minimum atomic E-state index is -4.22. The number of rotatable bonds is 6. The van der Waals surface area contributed by atoms with Crippen molar-refractivity contribution in [3.05, 3.63) is 30.3 Å². The number of guanidine groups is 1. The summed E-state index contributed by atoms with van der Waals surface area (Å²) in [4.78, 5) is 20.4. The van der Waals surface area contributed by atoms with Crippen LogP contribution >= 0.6 is 0 Å². The molecule has 150 valence electrons. The average molecular weight is 385 g/mol. The van der Waals surface area contributed by atoms with E-state index in [4.69, 9.17) is 0 Å². The van der Waals surface area contributed by atoms with Crippen molar-refractivity contribution >= 4 is 17.6 Å². The van der Waals surface area contributed by atoms with Gasteiger partial charge in [0.1, 0.15) is 6.54 Å². The zero-order valence-corrected chi connectivity index (χ0v) is 15.4. The van der Waals surface area contributed by atoms with Gasteiger partial charge < -0.3 is 20.4 Å². The first-order chi connectivity index (χ1) is 12.9. The molecule has 0 unspecified atom stereocenters. The summed E-state index contributed by atoms with van der Waals surface area (Å²) >= 11 is 0. The first-order valence-electron chi connectivity index (χ1n) is 9.06. The van der Waals surface area contributed by atoms with Crippen molar-refractivity contribution < 1.29 is 18.0 Å². The monoisotopic (exact) mass is 385 g/mol. The summed E-state index contributed by atoms with van der Waals surface area (Å²) in [6.45, 7) is 4.62. The van der Waals surface area contributed by atoms with Gasteiger partial charge in [0, 0.05) is 45.0 Å². The Bertz CT molecular complexity index is 613. The summed E-state index contributed by atoms with van der Waals surface area (Å²) < 4.78 is 36.7. The van der Waals surface area contributed by atoms with Gasteiger partial charge in [-0.15, -0.1) is 0 Å². The van der Waals surface area contributed by atoms with Crippen LogP contribution in [0.2, 0.25) is 0 Å². The van der Waals surface area contributed by atoms with E-state index in [0.717, 1.165) is 18.8 Å². The predicted molar refractivity (Wildman–Crippen MR) is 99.9 cm³/mol. The molecule has 2 rings (SSSR count). The lowest BCUT2D eigenvalue weighted by atomic mass is 10.2. The van der Waals surface area contributed by atoms with Gasteiger partial charge in [0.05, 0.1) is 6.42 Å². The van der Waals surface area contributed by atoms with E-state index in [0.29, 0.717) is 19.6 Å². The zero-order valence-electron chi connectivity index (χ0n) is 15.4. The first-order valence-corrected chi connectivity index (χ1v) is 9.06. The van der Waals surface area contributed by atoms with Crippen molar-refractivity contribution in [2.75, 3.05) is 50.7 Å². The second-order valence-electron chi connectivity index (χ2n) is 6.19. The van der Waals surface area contributed by atoms with Crippen LogP contribution in [0.3, 0.4) is 0 Å². The van der Waals surface area contributed by atoms with Gasteiger partial charge in [-0.2, -0.15) is 13.2 Å². The zero-order chi connectivity index (χ0) is 19.7. The van der Waals surface area contributed by atoms with Crippen molar-refractivity contribution in [1.82, 2.24) is 15.5 Å². The lowest BCUT2D eigenvalue weighted by molar-refractivity contribution is -0.133. The SMILES string of the molecule is CCNC(=NCC(=O)N1CCN(c2ccccc2)CC1)NCCC(F)(F)F. The number of alkyl halides is 3. The Kier molecular flexibility index (Phi) is 7.75. The second-order valence-corrected chi connectivity index (χ2v) is 6.19. The molecule has 0 aromatic heterocycles. The molecule has 1 aromatic carbocycles. The van der Waals surface area contributed by atoms with Crippen LogP contribution in [0.4, 0.5) is 18.9 Å². The Labute approximate surface area is 157 Å². The van der Waals surface area contributed by atoms with Crippen molar-refractivity contribution in [3.63, 3.8) is 0 Å². The molecule has 1 fully saturated rings. The number of hydrogen-bond acceptors (Lipinski definition) is 3. The maximum Gasteiger partial charge on any atom is 0.390 e. The highest BCUT2D eigenvalue weighted by molar-refractivity contribution is 5.85. The lowest BCUT2D eigenvalue weighted by Crippen LogP contribution is -2.49. The highest BCUT2D eigenvalue weighted by Crippen LogP contribution is 2.18. The molecule has 0 spiro atoms. The number of aliphatic imine (C=N–C) groups is 1. The second kappa shape index (κ2) is 10.0. The number of para-hydroxylation sites is 1. The van der Waals surface area contributed by atoms with Crippen LogP contribution in [0.1, 0.15) is 13.3 Å². The van der Waals surface area contributed by atoms with Gasteiger partial charge in [-0.1, -0.05) is 18.2 Å². The van der Waals surface area contributed by atoms with Crippen LogP contribution in [0.15, 0.2) is 35.3 Å². The number of anilines is 1. The molecule has 1 aliphatic rings. The molecule has 1 amide bonds. The number of nitrogens with zero attached hydrogens (tertiary/aromatic N) is 3. The van der Waals surface area contributed by atoms with Crippen molar-refractivity contribution in [2.45, 2.75) is 19.5 Å². The first kappa shape index (κ1) is 20.9. The number of carbonyl (C=O) groups is 1. The van der Waals surface area contributed by atoms with E-state index in [1.165, 1.54) is 0 Å². The molecule has 0 saturated carbocycles. The van der Waals surface area contributed by atoms with Gasteiger partial charge in [0.15, 0.2) is 5.96 Å². The molecular formula is C18H26F3N5O. The maximum atomic E-state index is 12.3. The molecule has 9 heteroatoms. The molecule has 27 heavy (non-hydrogen) atoms. The standard InChI is InChI=1S/C18H26F3N5O/c1-2-22-17(23-9-8-18(19,20)21)24-14-16(27)26-12-10-25(11-13-26)15-6-4-3-5-7-15/h3-7H,2,8-14H2,1H3,(H2,22,23,24). The van der Waals surface area contributed by atoms with Crippen LogP contribution in [0.5, 0.6) is 0 Å². The third kappa shape index (κ3) is 7.36. The molecule has 1 aromatic rings. The molecule has 6 nitrogen and oxygen atoms in total. The highest BCUT2D eigenvalue weighted by atomic mass is 19.4. The normalized spacial score (nSPS) is 15.6. The van der Waals surface area contributed by atoms with Crippen molar-refractivity contribution in [2.24, 2.45) is 4.99 Å². The molecule has 1 saturated heterocycles. The number of nitrogens with one attached hydrogen (secondary N) is 2. The van der Waals surface area contributed by atoms with E-state index in [9.17, 15) is 18.0 Å². The number of hydrogen-bond donors (Lipinski definition) is 2. The van der Waals surface area contributed by atoms with E-state index < -0.39 is 12.6 Å². The van der Waals surface area contributed by atoms with E-state index in [1.807, 2.05) is 37.3 Å². The fraction of sp³-hybridized carbons (Fsp3) is 0.556. The fourth-order valence-corrected chi connectivity index (χ4v) is 2.76. The van der Waals surface area contributed by atoms with Crippen LogP contribution < -0.4 is 15.5 Å². The lowest BCUT2D eigenvalue weighted by Gasteiger charge is -2.36. The molecule has 2 N–H and O–H groups in total. The third-order valence-corrected chi connectivity index (χ3v) is 4.17. The van der Waals surface area contributed by atoms with Crippen LogP contribution in [-0.4, -0.2) is 68.8 Å². The number of piperazine rings is 1. The molecule has 0 aliphatic carbocycles. The molecule has 0 radical (unpaired) electrons. The Morgan fingerprint density at radius 1 is 1.11 bits per heavy atom. The number of amides is 1. The van der Waals surface area contributed by atoms with Gasteiger partial charge in [-0.05, 0) is 19.1 Å². The Hall–Kier alpha value is -2.45. The summed E-state index contributed by atoms with van der Waals surface area (Å²) in [5.74, 6) is 0.0914. The average Bonchev–Trinajstić information content (AvgIpc) is 2.66. The Morgan fingerprint density at radius 2 is 1.78 bits per heavy atom. The van der Waals surface area contributed by atoms with Crippen molar-refractivity contribution in [1.29, 1.82) is 0 Å². The fourth-order valence-electron chi connectivity index (χ4n) is 2.76. The molecule has 1 aliphatic heterocycles. The summed E-state index contributed by atoms with van der Waals surface area (Å²) in [5, 5.41) is 5.45. The number of carbonyl (C=O) groups excluding carboxylic acids is 1. The van der Waals surface area contributed by atoms with Gasteiger partial charge in [-0.25, -0.2) is 4.99 Å². The Morgan fingerprint density at radius 3 is 2.37 bits per heavy atom. The summed E-state index contributed by atoms with van der Waals surface area (Å²) in [6.07, 6.45) is -5.18. The van der Waals surface area contributed by atoms with Crippen LogP contribution in [0, 0.1) is 0 Å². The molecule has 1 heterocycles. The largest absolute Gasteiger partial charge is 0.390 e. The smallest absolute Gasteiger partial charge is 0.368 e. The van der Waals surface area contributed by atoms with Crippen LogP contribution in [0.25, 0.3) is 0 Å². The summed E-state index contributed by atoms with van der Waals surface area (Å²) in [6, 6.07) is 10.0. The van der Waals surface area contributed by atoms with Gasteiger partial charge >= 0.3 is 6.18 Å². The van der Waals surface area contributed by atoms with E-state index in [1.54, 1.807) is 4.90 Å². The topological polar surface area (TPSA) is 60.0 Å². The predicted octanol–water partition coefficient (Wildman–Crippen LogP) is 1.84. The maximum absolute atomic E-state index is 12.3. The highest BCUT2D eigenvalue weighted by Gasteiger charge is 2.26. The van der Waals surface area contributed by atoms with E-state index >= 15 is 0 Å². The molecular weight excluding hydrogens is 359 g/mol. The van der Waals surface area contributed by atoms with Gasteiger partial charge in [0.2, 0.25) is 5.91 Å². The van der Waals surface area contributed by atoms with E-state index in [-0.39, 0.29) is 25.0 Å².